The molecule has 2 heterocycles. The van der Waals surface area contributed by atoms with Gasteiger partial charge in [0.15, 0.2) is 0 Å². The number of rotatable bonds is 3. The maximum Gasteiger partial charge on any atom is 0.253 e. The monoisotopic (exact) mass is 314 g/mol. The van der Waals surface area contributed by atoms with Crippen LogP contribution in [0, 0.1) is 6.92 Å². The van der Waals surface area contributed by atoms with Crippen molar-refractivity contribution >= 4 is 32.5 Å². The van der Waals surface area contributed by atoms with Crippen LogP contribution in [0.4, 0.5) is 5.00 Å². The zero-order valence-corrected chi connectivity index (χ0v) is 11.8. The summed E-state index contributed by atoms with van der Waals surface area (Å²) < 4.78 is 6.37. The third-order valence-electron chi connectivity index (χ3n) is 2.33. The summed E-state index contributed by atoms with van der Waals surface area (Å²) in [5.74, 6) is 0. The van der Waals surface area contributed by atoms with E-state index in [-0.39, 0.29) is 5.56 Å². The summed E-state index contributed by atoms with van der Waals surface area (Å²) in [6.45, 7) is 2.22. The van der Waals surface area contributed by atoms with Gasteiger partial charge in [-0.05, 0) is 28.9 Å². The Bertz CT molecular complexity index is 592. The zero-order chi connectivity index (χ0) is 12.4. The molecule has 5 nitrogen and oxygen atoms in total. The van der Waals surface area contributed by atoms with Crippen molar-refractivity contribution in [3.63, 3.8) is 0 Å². The molecule has 0 bridgehead atoms. The lowest BCUT2D eigenvalue weighted by Gasteiger charge is -2.06. The van der Waals surface area contributed by atoms with Gasteiger partial charge in [-0.25, -0.2) is 0 Å². The van der Waals surface area contributed by atoms with Crippen LogP contribution in [0.25, 0.3) is 0 Å². The van der Waals surface area contributed by atoms with Crippen LogP contribution < -0.4 is 10.9 Å². The highest BCUT2D eigenvalue weighted by Gasteiger charge is 2.09. The Balaban J connectivity index is 2.40. The molecule has 90 valence electrons. The largest absolute Gasteiger partial charge is 0.377 e. The molecule has 2 aromatic rings. The van der Waals surface area contributed by atoms with Crippen molar-refractivity contribution in [1.29, 1.82) is 0 Å². The second-order valence-electron chi connectivity index (χ2n) is 3.57. The number of nitrogens with one attached hydrogen (secondary N) is 1. The lowest BCUT2D eigenvalue weighted by Crippen LogP contribution is -2.22. The maximum atomic E-state index is 11.9. The number of anilines is 1. The molecule has 0 aliphatic rings. The summed E-state index contributed by atoms with van der Waals surface area (Å²) in [5, 5.41) is 7.91. The minimum absolute atomic E-state index is 0.0109. The summed E-state index contributed by atoms with van der Waals surface area (Å²) in [5.41, 5.74) is 1.47. The van der Waals surface area contributed by atoms with E-state index >= 15 is 0 Å². The van der Waals surface area contributed by atoms with Gasteiger partial charge in [-0.15, -0.1) is 5.10 Å². The number of aromatic nitrogens is 3. The number of hydrogen-bond donors (Lipinski definition) is 1. The molecule has 0 spiro atoms. The molecule has 2 aromatic heterocycles. The van der Waals surface area contributed by atoms with Crippen LogP contribution in [0.15, 0.2) is 21.5 Å². The van der Waals surface area contributed by atoms with Gasteiger partial charge < -0.3 is 9.88 Å². The SMILES string of the molecule is CNc1snnc1Cn1cc(Br)cc(C)c1=O. The van der Waals surface area contributed by atoms with Crippen molar-refractivity contribution in [3.05, 3.63) is 38.3 Å². The molecule has 2 rings (SSSR count). The second kappa shape index (κ2) is 4.97. The first-order chi connectivity index (χ1) is 8.11. The Labute approximate surface area is 111 Å². The van der Waals surface area contributed by atoms with Crippen molar-refractivity contribution < 1.29 is 0 Å². The normalized spacial score (nSPS) is 10.5. The van der Waals surface area contributed by atoms with Crippen molar-refractivity contribution in [1.82, 2.24) is 14.2 Å². The van der Waals surface area contributed by atoms with E-state index in [0.29, 0.717) is 12.1 Å². The number of halogens is 1. The first-order valence-corrected chi connectivity index (χ1v) is 6.54. The molecule has 0 aliphatic carbocycles. The van der Waals surface area contributed by atoms with E-state index < -0.39 is 0 Å². The Morgan fingerprint density at radius 2 is 2.35 bits per heavy atom. The van der Waals surface area contributed by atoms with E-state index in [4.69, 9.17) is 0 Å². The molecule has 17 heavy (non-hydrogen) atoms. The predicted octanol–water partition coefficient (Wildman–Crippen LogP) is 1.86. The van der Waals surface area contributed by atoms with Crippen molar-refractivity contribution in [3.8, 4) is 0 Å². The molecular formula is C10H11BrN4OS. The third kappa shape index (κ3) is 2.55. The van der Waals surface area contributed by atoms with Gasteiger partial charge in [0.2, 0.25) is 0 Å². The molecule has 0 radical (unpaired) electrons. The van der Waals surface area contributed by atoms with E-state index in [1.54, 1.807) is 23.8 Å². The molecule has 0 unspecified atom stereocenters. The molecule has 1 N–H and O–H groups in total. The summed E-state index contributed by atoms with van der Waals surface area (Å²) in [6, 6.07) is 1.80. The predicted molar refractivity (Wildman–Crippen MR) is 71.7 cm³/mol. The van der Waals surface area contributed by atoms with Gasteiger partial charge in [0.25, 0.3) is 5.56 Å². The number of hydrogen-bond acceptors (Lipinski definition) is 5. The van der Waals surface area contributed by atoms with E-state index in [1.165, 1.54) is 11.5 Å². The van der Waals surface area contributed by atoms with Crippen molar-refractivity contribution in [2.24, 2.45) is 0 Å². The van der Waals surface area contributed by atoms with Gasteiger partial charge in [0, 0.05) is 34.8 Å². The highest BCUT2D eigenvalue weighted by atomic mass is 79.9. The van der Waals surface area contributed by atoms with Gasteiger partial charge in [-0.1, -0.05) is 4.49 Å². The van der Waals surface area contributed by atoms with Crippen molar-refractivity contribution in [2.75, 3.05) is 12.4 Å². The standard InChI is InChI=1S/C10H11BrN4OS/c1-6-3-7(11)4-15(10(6)16)5-8-9(12-2)17-14-13-8/h3-4,12H,5H2,1-2H3. The van der Waals surface area contributed by atoms with E-state index in [0.717, 1.165) is 15.2 Å². The molecule has 0 fully saturated rings. The highest BCUT2D eigenvalue weighted by Crippen LogP contribution is 2.18. The maximum absolute atomic E-state index is 11.9. The molecule has 0 aromatic carbocycles. The topological polar surface area (TPSA) is 59.8 Å². The summed E-state index contributed by atoms with van der Waals surface area (Å²) in [6.07, 6.45) is 1.76. The molecule has 0 saturated carbocycles. The average molecular weight is 315 g/mol. The summed E-state index contributed by atoms with van der Waals surface area (Å²) in [4.78, 5) is 11.9. The second-order valence-corrected chi connectivity index (χ2v) is 5.24. The van der Waals surface area contributed by atoms with Crippen LogP contribution in [-0.2, 0) is 6.54 Å². The lowest BCUT2D eigenvalue weighted by molar-refractivity contribution is 0.728. The van der Waals surface area contributed by atoms with Gasteiger partial charge in [0.1, 0.15) is 10.7 Å². The smallest absolute Gasteiger partial charge is 0.253 e. The van der Waals surface area contributed by atoms with Crippen molar-refractivity contribution in [2.45, 2.75) is 13.5 Å². The van der Waals surface area contributed by atoms with E-state index in [1.807, 2.05) is 7.05 Å². The Morgan fingerprint density at radius 1 is 1.59 bits per heavy atom. The Hall–Kier alpha value is -1.21. The zero-order valence-electron chi connectivity index (χ0n) is 9.40. The van der Waals surface area contributed by atoms with Crippen LogP contribution in [-0.4, -0.2) is 21.2 Å². The molecule has 0 amide bonds. The fourth-order valence-corrected chi connectivity index (χ4v) is 2.63. The lowest BCUT2D eigenvalue weighted by atomic mass is 10.3. The Kier molecular flexibility index (Phi) is 3.58. The van der Waals surface area contributed by atoms with Crippen LogP contribution in [0.2, 0.25) is 0 Å². The van der Waals surface area contributed by atoms with Gasteiger partial charge in [-0.3, -0.25) is 4.79 Å². The van der Waals surface area contributed by atoms with Crippen LogP contribution in [0.5, 0.6) is 0 Å². The van der Waals surface area contributed by atoms with Crippen LogP contribution in [0.3, 0.4) is 0 Å². The third-order valence-corrected chi connectivity index (χ3v) is 3.55. The first-order valence-electron chi connectivity index (χ1n) is 4.97. The average Bonchev–Trinajstić information content (AvgIpc) is 2.72. The highest BCUT2D eigenvalue weighted by molar-refractivity contribution is 9.10. The minimum Gasteiger partial charge on any atom is -0.377 e. The molecular weight excluding hydrogens is 304 g/mol. The van der Waals surface area contributed by atoms with E-state index in [9.17, 15) is 4.79 Å². The van der Waals surface area contributed by atoms with E-state index in [2.05, 4.69) is 30.8 Å². The van der Waals surface area contributed by atoms with Crippen LogP contribution >= 0.6 is 27.5 Å². The Morgan fingerprint density at radius 3 is 3.06 bits per heavy atom. The number of pyridine rings is 1. The quantitative estimate of drug-likeness (QED) is 0.939. The summed E-state index contributed by atoms with van der Waals surface area (Å²) >= 11 is 4.66. The number of aryl methyl sites for hydroxylation is 1. The van der Waals surface area contributed by atoms with Gasteiger partial charge in [0.05, 0.1) is 6.54 Å². The molecule has 0 atom stereocenters. The molecule has 7 heteroatoms. The van der Waals surface area contributed by atoms with Gasteiger partial charge >= 0.3 is 0 Å². The number of nitrogens with zero attached hydrogens (tertiary/aromatic N) is 3. The minimum atomic E-state index is -0.0109. The van der Waals surface area contributed by atoms with Crippen LogP contribution in [0.1, 0.15) is 11.3 Å². The first kappa shape index (κ1) is 12.3. The fourth-order valence-electron chi connectivity index (χ4n) is 1.52. The fraction of sp³-hybridized carbons (Fsp3) is 0.300. The van der Waals surface area contributed by atoms with Gasteiger partial charge in [-0.2, -0.15) is 0 Å². The molecule has 0 saturated heterocycles. The molecule has 0 aliphatic heterocycles. The summed E-state index contributed by atoms with van der Waals surface area (Å²) in [7, 11) is 1.81.